The summed E-state index contributed by atoms with van der Waals surface area (Å²) < 4.78 is 0. The SMILES string of the molecule is C=N/C=C\N(C)C(=O)/C=C/c1ccccc1. The number of hydrogen-bond donors (Lipinski definition) is 0. The minimum Gasteiger partial charge on any atom is -0.317 e. The van der Waals surface area contributed by atoms with Crippen LogP contribution in [0.3, 0.4) is 0 Å². The third kappa shape index (κ3) is 3.92. The van der Waals surface area contributed by atoms with Crippen molar-refractivity contribution in [1.82, 2.24) is 4.90 Å². The van der Waals surface area contributed by atoms with Crippen LogP contribution < -0.4 is 0 Å². The number of rotatable bonds is 4. The third-order valence-corrected chi connectivity index (χ3v) is 1.96. The molecule has 0 bridgehead atoms. The highest BCUT2D eigenvalue weighted by molar-refractivity contribution is 5.92. The summed E-state index contributed by atoms with van der Waals surface area (Å²) >= 11 is 0. The minimum absolute atomic E-state index is 0.108. The molecule has 0 unspecified atom stereocenters. The van der Waals surface area contributed by atoms with Crippen LogP contribution in [0.1, 0.15) is 5.56 Å². The predicted molar refractivity (Wildman–Crippen MR) is 66.9 cm³/mol. The lowest BCUT2D eigenvalue weighted by Gasteiger charge is -2.07. The number of benzene rings is 1. The van der Waals surface area contributed by atoms with Crippen LogP contribution in [-0.4, -0.2) is 24.6 Å². The number of aliphatic imine (C=N–C) groups is 1. The fraction of sp³-hybridized carbons (Fsp3) is 0.0769. The second-order valence-corrected chi connectivity index (χ2v) is 3.17. The highest BCUT2D eigenvalue weighted by Gasteiger charge is 1.99. The Morgan fingerprint density at radius 2 is 2.06 bits per heavy atom. The van der Waals surface area contributed by atoms with Gasteiger partial charge in [-0.25, -0.2) is 0 Å². The maximum atomic E-state index is 11.5. The van der Waals surface area contributed by atoms with Crippen molar-refractivity contribution in [1.29, 1.82) is 0 Å². The lowest BCUT2D eigenvalue weighted by Crippen LogP contribution is -2.17. The van der Waals surface area contributed by atoms with Crippen molar-refractivity contribution in [2.75, 3.05) is 7.05 Å². The van der Waals surface area contributed by atoms with E-state index in [-0.39, 0.29) is 5.91 Å². The Labute approximate surface area is 95.4 Å². The summed E-state index contributed by atoms with van der Waals surface area (Å²) in [5.74, 6) is -0.108. The van der Waals surface area contributed by atoms with Crippen molar-refractivity contribution in [3.05, 3.63) is 54.4 Å². The second kappa shape index (κ2) is 6.35. The Hall–Kier alpha value is -2.16. The van der Waals surface area contributed by atoms with Crippen molar-refractivity contribution < 1.29 is 4.79 Å². The molecule has 16 heavy (non-hydrogen) atoms. The Bertz CT molecular complexity index is 407. The average molecular weight is 214 g/mol. The Morgan fingerprint density at radius 1 is 1.38 bits per heavy atom. The van der Waals surface area contributed by atoms with E-state index in [0.717, 1.165) is 5.56 Å². The van der Waals surface area contributed by atoms with E-state index in [1.807, 2.05) is 30.3 Å². The monoisotopic (exact) mass is 214 g/mol. The molecule has 1 aromatic carbocycles. The van der Waals surface area contributed by atoms with E-state index >= 15 is 0 Å². The summed E-state index contributed by atoms with van der Waals surface area (Å²) in [5.41, 5.74) is 0.995. The topological polar surface area (TPSA) is 32.7 Å². The fourth-order valence-electron chi connectivity index (χ4n) is 1.07. The summed E-state index contributed by atoms with van der Waals surface area (Å²) in [6.45, 7) is 3.29. The van der Waals surface area contributed by atoms with Crippen LogP contribution in [0.25, 0.3) is 6.08 Å². The number of nitrogens with zero attached hydrogens (tertiary/aromatic N) is 2. The number of carbonyl (C=O) groups excluding carboxylic acids is 1. The van der Waals surface area contributed by atoms with Gasteiger partial charge in [-0.05, 0) is 18.4 Å². The largest absolute Gasteiger partial charge is 0.317 e. The van der Waals surface area contributed by atoms with Gasteiger partial charge in [-0.15, -0.1) is 0 Å². The quantitative estimate of drug-likeness (QED) is 0.559. The predicted octanol–water partition coefficient (Wildman–Crippen LogP) is 2.33. The molecule has 1 aromatic rings. The highest BCUT2D eigenvalue weighted by atomic mass is 16.2. The first-order valence-electron chi connectivity index (χ1n) is 4.86. The van der Waals surface area contributed by atoms with Crippen LogP contribution in [0.15, 0.2) is 53.8 Å². The summed E-state index contributed by atoms with van der Waals surface area (Å²) in [5, 5.41) is 0. The first-order chi connectivity index (χ1) is 7.74. The average Bonchev–Trinajstić information content (AvgIpc) is 2.34. The van der Waals surface area contributed by atoms with Gasteiger partial charge in [0.2, 0.25) is 5.91 Å². The Morgan fingerprint density at radius 3 is 2.69 bits per heavy atom. The summed E-state index contributed by atoms with van der Waals surface area (Å²) in [7, 11) is 1.67. The van der Waals surface area contributed by atoms with E-state index in [1.54, 1.807) is 19.3 Å². The van der Waals surface area contributed by atoms with E-state index in [0.29, 0.717) is 0 Å². The van der Waals surface area contributed by atoms with Gasteiger partial charge in [0.1, 0.15) is 0 Å². The first-order valence-corrected chi connectivity index (χ1v) is 4.86. The maximum absolute atomic E-state index is 11.5. The molecule has 0 fully saturated rings. The molecule has 0 heterocycles. The normalized spacial score (nSPS) is 10.8. The van der Waals surface area contributed by atoms with Crippen LogP contribution in [0.2, 0.25) is 0 Å². The van der Waals surface area contributed by atoms with E-state index in [2.05, 4.69) is 11.7 Å². The van der Waals surface area contributed by atoms with Crippen molar-refractivity contribution in [2.45, 2.75) is 0 Å². The van der Waals surface area contributed by atoms with E-state index in [4.69, 9.17) is 0 Å². The van der Waals surface area contributed by atoms with Crippen molar-refractivity contribution in [2.24, 2.45) is 4.99 Å². The molecular formula is C13H14N2O. The fourth-order valence-corrected chi connectivity index (χ4v) is 1.07. The van der Waals surface area contributed by atoms with Gasteiger partial charge in [0, 0.05) is 25.5 Å². The molecule has 0 aliphatic rings. The molecule has 1 rings (SSSR count). The standard InChI is InChI=1S/C13H14N2O/c1-14-10-11-15(2)13(16)9-8-12-6-4-3-5-7-12/h3-11H,1H2,2H3/b9-8+,11-10-. The van der Waals surface area contributed by atoms with Gasteiger partial charge in [-0.1, -0.05) is 30.3 Å². The van der Waals surface area contributed by atoms with Crippen LogP contribution in [0, 0.1) is 0 Å². The van der Waals surface area contributed by atoms with Crippen molar-refractivity contribution in [3.8, 4) is 0 Å². The molecule has 82 valence electrons. The molecule has 0 radical (unpaired) electrons. The molecule has 0 saturated heterocycles. The lowest BCUT2D eigenvalue weighted by molar-refractivity contribution is -0.122. The summed E-state index contributed by atoms with van der Waals surface area (Å²) in [6.07, 6.45) is 6.32. The summed E-state index contributed by atoms with van der Waals surface area (Å²) in [6, 6.07) is 9.66. The number of amides is 1. The van der Waals surface area contributed by atoms with Crippen LogP contribution in [-0.2, 0) is 4.79 Å². The first kappa shape index (κ1) is 11.9. The molecule has 3 heteroatoms. The molecule has 3 nitrogen and oxygen atoms in total. The van der Waals surface area contributed by atoms with Gasteiger partial charge >= 0.3 is 0 Å². The van der Waals surface area contributed by atoms with E-state index in [9.17, 15) is 4.79 Å². The molecule has 0 aliphatic carbocycles. The molecule has 0 aliphatic heterocycles. The molecular weight excluding hydrogens is 200 g/mol. The zero-order chi connectivity index (χ0) is 11.8. The van der Waals surface area contributed by atoms with Crippen LogP contribution in [0.5, 0.6) is 0 Å². The zero-order valence-electron chi connectivity index (χ0n) is 9.21. The summed E-state index contributed by atoms with van der Waals surface area (Å²) in [4.78, 5) is 16.5. The van der Waals surface area contributed by atoms with E-state index in [1.165, 1.54) is 17.2 Å². The number of hydrogen-bond acceptors (Lipinski definition) is 2. The zero-order valence-corrected chi connectivity index (χ0v) is 9.21. The molecule has 0 spiro atoms. The Kier molecular flexibility index (Phi) is 4.73. The molecule has 0 N–H and O–H groups in total. The molecule has 1 amide bonds. The number of likely N-dealkylation sites (N-methyl/N-ethyl adjacent to an activating group) is 1. The van der Waals surface area contributed by atoms with Crippen molar-refractivity contribution in [3.63, 3.8) is 0 Å². The smallest absolute Gasteiger partial charge is 0.250 e. The van der Waals surface area contributed by atoms with Gasteiger partial charge in [-0.3, -0.25) is 9.79 Å². The second-order valence-electron chi connectivity index (χ2n) is 3.17. The maximum Gasteiger partial charge on any atom is 0.250 e. The van der Waals surface area contributed by atoms with Gasteiger partial charge in [0.15, 0.2) is 0 Å². The lowest BCUT2D eigenvalue weighted by atomic mass is 10.2. The third-order valence-electron chi connectivity index (χ3n) is 1.96. The van der Waals surface area contributed by atoms with Gasteiger partial charge in [0.05, 0.1) is 0 Å². The molecule has 0 saturated carbocycles. The molecule has 0 atom stereocenters. The van der Waals surface area contributed by atoms with E-state index < -0.39 is 0 Å². The van der Waals surface area contributed by atoms with Crippen LogP contribution in [0.4, 0.5) is 0 Å². The molecule has 0 aromatic heterocycles. The van der Waals surface area contributed by atoms with Gasteiger partial charge in [0.25, 0.3) is 0 Å². The van der Waals surface area contributed by atoms with Crippen molar-refractivity contribution >= 4 is 18.7 Å². The highest BCUT2D eigenvalue weighted by Crippen LogP contribution is 2.01. The van der Waals surface area contributed by atoms with Crippen LogP contribution >= 0.6 is 0 Å². The van der Waals surface area contributed by atoms with Gasteiger partial charge in [-0.2, -0.15) is 0 Å². The minimum atomic E-state index is -0.108. The Balaban J connectivity index is 2.61. The van der Waals surface area contributed by atoms with Gasteiger partial charge < -0.3 is 4.90 Å². The number of carbonyl (C=O) groups is 1.